The van der Waals surface area contributed by atoms with Crippen LogP contribution in [0, 0.1) is 0 Å². The molecule has 0 aliphatic heterocycles. The first-order valence-electron chi connectivity index (χ1n) is 9.50. The van der Waals surface area contributed by atoms with Crippen molar-refractivity contribution in [3.05, 3.63) is 58.4 Å². The molecular formula is C21H23ClN2O3S2. The smallest absolute Gasteiger partial charge is 0.267 e. The van der Waals surface area contributed by atoms with Gasteiger partial charge in [-0.25, -0.2) is 13.1 Å². The highest BCUT2D eigenvalue weighted by molar-refractivity contribution is 7.89. The van der Waals surface area contributed by atoms with Gasteiger partial charge in [-0.05, 0) is 36.8 Å². The third kappa shape index (κ3) is 5.36. The lowest BCUT2D eigenvalue weighted by Gasteiger charge is -2.08. The standard InChI is InChI=1S/C21H23ClN2O3S2/c1-2-3-4-7-14-23-29(26,27)16-12-10-15(11-13-16)24-21(25)20-19(22)17-8-5-6-9-18(17)28-20/h5-6,8-13,23H,2-4,7,14H2,1H3,(H,24,25). The van der Waals surface area contributed by atoms with Gasteiger partial charge < -0.3 is 5.32 Å². The van der Waals surface area contributed by atoms with Crippen LogP contribution < -0.4 is 10.0 Å². The summed E-state index contributed by atoms with van der Waals surface area (Å²) < 4.78 is 28.3. The van der Waals surface area contributed by atoms with E-state index < -0.39 is 10.0 Å². The lowest BCUT2D eigenvalue weighted by atomic mass is 10.2. The first-order chi connectivity index (χ1) is 13.9. The second kappa shape index (κ2) is 9.71. The van der Waals surface area contributed by atoms with Crippen molar-refractivity contribution in [3.63, 3.8) is 0 Å². The minimum atomic E-state index is -3.55. The zero-order valence-corrected chi connectivity index (χ0v) is 18.5. The van der Waals surface area contributed by atoms with E-state index in [1.54, 1.807) is 12.1 Å². The molecule has 0 unspecified atom stereocenters. The summed E-state index contributed by atoms with van der Waals surface area (Å²) in [5.74, 6) is -0.319. The van der Waals surface area contributed by atoms with E-state index in [-0.39, 0.29) is 10.8 Å². The highest BCUT2D eigenvalue weighted by Gasteiger charge is 2.18. The van der Waals surface area contributed by atoms with Crippen molar-refractivity contribution in [2.75, 3.05) is 11.9 Å². The highest BCUT2D eigenvalue weighted by Crippen LogP contribution is 2.35. The molecule has 1 amide bonds. The number of unbranched alkanes of at least 4 members (excludes halogenated alkanes) is 3. The fraction of sp³-hybridized carbons (Fsp3) is 0.286. The number of carbonyl (C=O) groups is 1. The third-order valence-electron chi connectivity index (χ3n) is 4.49. The molecule has 0 atom stereocenters. The van der Waals surface area contributed by atoms with Gasteiger partial charge in [-0.1, -0.05) is 56.0 Å². The van der Waals surface area contributed by atoms with Gasteiger partial charge in [0.15, 0.2) is 0 Å². The van der Waals surface area contributed by atoms with Crippen molar-refractivity contribution >= 4 is 54.6 Å². The summed E-state index contributed by atoms with van der Waals surface area (Å²) in [7, 11) is -3.55. The van der Waals surface area contributed by atoms with Crippen molar-refractivity contribution < 1.29 is 13.2 Å². The fourth-order valence-electron chi connectivity index (χ4n) is 2.91. The van der Waals surface area contributed by atoms with Crippen molar-refractivity contribution in [1.82, 2.24) is 4.72 Å². The normalized spacial score (nSPS) is 11.7. The van der Waals surface area contributed by atoms with E-state index in [1.165, 1.54) is 23.5 Å². The monoisotopic (exact) mass is 450 g/mol. The van der Waals surface area contributed by atoms with E-state index >= 15 is 0 Å². The largest absolute Gasteiger partial charge is 0.321 e. The molecule has 1 aromatic heterocycles. The summed E-state index contributed by atoms with van der Waals surface area (Å²) in [6.07, 6.45) is 4.02. The van der Waals surface area contributed by atoms with Crippen LogP contribution in [0.3, 0.4) is 0 Å². The Hall–Kier alpha value is -1.93. The molecular weight excluding hydrogens is 428 g/mol. The van der Waals surface area contributed by atoms with E-state index in [0.717, 1.165) is 35.8 Å². The second-order valence-electron chi connectivity index (χ2n) is 6.68. The molecule has 0 aliphatic rings. The molecule has 0 saturated heterocycles. The van der Waals surface area contributed by atoms with Crippen LogP contribution in [0.2, 0.25) is 5.02 Å². The van der Waals surface area contributed by atoms with E-state index in [4.69, 9.17) is 11.6 Å². The first kappa shape index (κ1) is 21.8. The average Bonchev–Trinajstić information content (AvgIpc) is 3.05. The van der Waals surface area contributed by atoms with Crippen LogP contribution in [-0.2, 0) is 10.0 Å². The Morgan fingerprint density at radius 2 is 1.76 bits per heavy atom. The minimum absolute atomic E-state index is 0.172. The van der Waals surface area contributed by atoms with Crippen LogP contribution in [0.15, 0.2) is 53.4 Å². The Balaban J connectivity index is 1.65. The van der Waals surface area contributed by atoms with Gasteiger partial charge in [-0.3, -0.25) is 4.79 Å². The molecule has 2 N–H and O–H groups in total. The van der Waals surface area contributed by atoms with Crippen molar-refractivity contribution in [1.29, 1.82) is 0 Å². The molecule has 3 rings (SSSR count). The summed E-state index contributed by atoms with van der Waals surface area (Å²) in [5.41, 5.74) is 0.505. The maximum atomic E-state index is 12.6. The molecule has 3 aromatic rings. The Morgan fingerprint density at radius 3 is 2.45 bits per heavy atom. The molecule has 8 heteroatoms. The van der Waals surface area contributed by atoms with Crippen molar-refractivity contribution in [3.8, 4) is 0 Å². The molecule has 2 aromatic carbocycles. The number of halogens is 1. The lowest BCUT2D eigenvalue weighted by molar-refractivity contribution is 0.103. The average molecular weight is 451 g/mol. The Kier molecular flexibility index (Phi) is 7.29. The van der Waals surface area contributed by atoms with E-state index in [1.807, 2.05) is 24.3 Å². The van der Waals surface area contributed by atoms with Crippen LogP contribution in [0.5, 0.6) is 0 Å². The zero-order valence-electron chi connectivity index (χ0n) is 16.1. The number of anilines is 1. The predicted octanol–water partition coefficient (Wildman–Crippen LogP) is 5.67. The molecule has 5 nitrogen and oxygen atoms in total. The van der Waals surface area contributed by atoms with Gasteiger partial charge in [0.1, 0.15) is 4.88 Å². The Morgan fingerprint density at radius 1 is 1.03 bits per heavy atom. The maximum absolute atomic E-state index is 12.6. The lowest BCUT2D eigenvalue weighted by Crippen LogP contribution is -2.24. The van der Waals surface area contributed by atoms with Gasteiger partial charge in [-0.15, -0.1) is 11.3 Å². The molecule has 0 saturated carbocycles. The number of sulfonamides is 1. The Bertz CT molecular complexity index is 1090. The molecule has 0 aliphatic carbocycles. The number of hydrogen-bond acceptors (Lipinski definition) is 4. The molecule has 0 spiro atoms. The predicted molar refractivity (Wildman–Crippen MR) is 121 cm³/mol. The summed E-state index contributed by atoms with van der Waals surface area (Å²) in [5, 5.41) is 4.05. The van der Waals surface area contributed by atoms with E-state index in [9.17, 15) is 13.2 Å². The number of amides is 1. The highest BCUT2D eigenvalue weighted by atomic mass is 35.5. The number of benzene rings is 2. The molecule has 0 bridgehead atoms. The second-order valence-corrected chi connectivity index (χ2v) is 9.88. The van der Waals surface area contributed by atoms with Gasteiger partial charge in [0.2, 0.25) is 10.0 Å². The molecule has 154 valence electrons. The molecule has 0 radical (unpaired) electrons. The van der Waals surface area contributed by atoms with Crippen LogP contribution in [-0.4, -0.2) is 20.9 Å². The van der Waals surface area contributed by atoms with Gasteiger partial charge in [-0.2, -0.15) is 0 Å². The minimum Gasteiger partial charge on any atom is -0.321 e. The zero-order chi connectivity index (χ0) is 20.9. The van der Waals surface area contributed by atoms with Gasteiger partial charge in [0.05, 0.1) is 9.92 Å². The Labute approximate surface area is 180 Å². The van der Waals surface area contributed by atoms with E-state index in [2.05, 4.69) is 17.0 Å². The quantitative estimate of drug-likeness (QED) is 0.412. The van der Waals surface area contributed by atoms with Crippen LogP contribution >= 0.6 is 22.9 Å². The SMILES string of the molecule is CCCCCCNS(=O)(=O)c1ccc(NC(=O)c2sc3ccccc3c2Cl)cc1. The van der Waals surface area contributed by atoms with Crippen molar-refractivity contribution in [2.45, 2.75) is 37.5 Å². The number of carbonyl (C=O) groups excluding carboxylic acids is 1. The number of rotatable bonds is 9. The van der Waals surface area contributed by atoms with Crippen LogP contribution in [0.4, 0.5) is 5.69 Å². The fourth-order valence-corrected chi connectivity index (χ4v) is 5.39. The number of nitrogens with one attached hydrogen (secondary N) is 2. The van der Waals surface area contributed by atoms with Crippen LogP contribution in [0.25, 0.3) is 10.1 Å². The number of hydrogen-bond donors (Lipinski definition) is 2. The summed E-state index contributed by atoms with van der Waals surface area (Å²) in [4.78, 5) is 13.2. The number of fused-ring (bicyclic) bond motifs is 1. The summed E-state index contributed by atoms with van der Waals surface area (Å²) in [6.45, 7) is 2.53. The topological polar surface area (TPSA) is 75.3 Å². The maximum Gasteiger partial charge on any atom is 0.267 e. The molecule has 0 fully saturated rings. The molecule has 1 heterocycles. The van der Waals surface area contributed by atoms with Gasteiger partial charge in [0.25, 0.3) is 5.91 Å². The van der Waals surface area contributed by atoms with Crippen LogP contribution in [0.1, 0.15) is 42.3 Å². The first-order valence-corrected chi connectivity index (χ1v) is 12.2. The summed E-state index contributed by atoms with van der Waals surface area (Å²) in [6, 6.07) is 13.7. The number of thiophene rings is 1. The third-order valence-corrected chi connectivity index (χ3v) is 7.64. The summed E-state index contributed by atoms with van der Waals surface area (Å²) >= 11 is 7.67. The van der Waals surface area contributed by atoms with Gasteiger partial charge in [0, 0.05) is 22.3 Å². The molecule has 29 heavy (non-hydrogen) atoms. The van der Waals surface area contributed by atoms with E-state index in [0.29, 0.717) is 22.1 Å². The van der Waals surface area contributed by atoms with Gasteiger partial charge >= 0.3 is 0 Å². The van der Waals surface area contributed by atoms with Crippen molar-refractivity contribution in [2.24, 2.45) is 0 Å².